The molecule has 1 fully saturated rings. The molecule has 25 heavy (non-hydrogen) atoms. The average Bonchev–Trinajstić information content (AvgIpc) is 3.08. The molecule has 1 aliphatic heterocycles. The van der Waals surface area contributed by atoms with Gasteiger partial charge in [0, 0.05) is 48.7 Å². The van der Waals surface area contributed by atoms with Crippen molar-refractivity contribution in [1.29, 1.82) is 0 Å². The summed E-state index contributed by atoms with van der Waals surface area (Å²) in [4.78, 5) is 34.0. The molecule has 1 unspecified atom stereocenters. The zero-order valence-corrected chi connectivity index (χ0v) is 13.6. The van der Waals surface area contributed by atoms with Crippen LogP contribution in [0.15, 0.2) is 41.6 Å². The summed E-state index contributed by atoms with van der Waals surface area (Å²) in [6.45, 7) is 1.33. The monoisotopic (exact) mass is 338 g/mol. The molecule has 1 amide bonds. The van der Waals surface area contributed by atoms with Crippen molar-refractivity contribution in [3.05, 3.63) is 53.0 Å². The minimum absolute atomic E-state index is 0.0185. The van der Waals surface area contributed by atoms with Crippen LogP contribution in [0.2, 0.25) is 0 Å². The third kappa shape index (κ3) is 3.02. The second-order valence-electron chi connectivity index (χ2n) is 6.22. The molecule has 1 N–H and O–H groups in total. The fourth-order valence-corrected chi connectivity index (χ4v) is 3.37. The number of nitrogens with one attached hydrogen (secondary N) is 1. The van der Waals surface area contributed by atoms with Crippen molar-refractivity contribution in [2.24, 2.45) is 0 Å². The minimum Gasteiger partial charge on any atom is -0.340 e. The van der Waals surface area contributed by atoms with Gasteiger partial charge in [-0.3, -0.25) is 14.5 Å². The maximum absolute atomic E-state index is 12.6. The Hall–Kier alpha value is -3.03. The first kappa shape index (κ1) is 15.5. The van der Waals surface area contributed by atoms with E-state index in [-0.39, 0.29) is 18.4 Å². The molecule has 4 rings (SSSR count). The fraction of sp³-hybridized carbons (Fsp3) is 0.353. The van der Waals surface area contributed by atoms with E-state index in [2.05, 4.69) is 20.2 Å². The number of fused-ring (bicyclic) bond motifs is 1. The van der Waals surface area contributed by atoms with E-state index >= 15 is 0 Å². The molecule has 0 saturated carbocycles. The molecule has 0 radical (unpaired) electrons. The number of nitrogens with zero attached hydrogens (tertiary/aromatic N) is 5. The summed E-state index contributed by atoms with van der Waals surface area (Å²) in [5.74, 6) is 0.124. The van der Waals surface area contributed by atoms with Crippen LogP contribution in [-0.2, 0) is 11.3 Å². The van der Waals surface area contributed by atoms with Gasteiger partial charge in [0.2, 0.25) is 5.91 Å². The van der Waals surface area contributed by atoms with Gasteiger partial charge >= 0.3 is 5.69 Å². The first-order valence-corrected chi connectivity index (χ1v) is 8.30. The summed E-state index contributed by atoms with van der Waals surface area (Å²) >= 11 is 0. The van der Waals surface area contributed by atoms with Crippen LogP contribution < -0.4 is 5.69 Å². The van der Waals surface area contributed by atoms with Gasteiger partial charge in [-0.1, -0.05) is 0 Å². The highest BCUT2D eigenvalue weighted by Gasteiger charge is 2.27. The quantitative estimate of drug-likeness (QED) is 0.766. The Balaban J connectivity index is 1.52. The summed E-state index contributed by atoms with van der Waals surface area (Å²) in [5.41, 5.74) is 1.32. The van der Waals surface area contributed by atoms with E-state index in [1.54, 1.807) is 18.5 Å². The molecule has 0 bridgehead atoms. The van der Waals surface area contributed by atoms with Crippen LogP contribution >= 0.6 is 0 Å². The van der Waals surface area contributed by atoms with E-state index in [9.17, 15) is 9.59 Å². The van der Waals surface area contributed by atoms with E-state index in [0.717, 1.165) is 23.9 Å². The maximum atomic E-state index is 12.6. The van der Waals surface area contributed by atoms with Crippen molar-refractivity contribution in [1.82, 2.24) is 29.6 Å². The second-order valence-corrected chi connectivity index (χ2v) is 6.22. The molecule has 3 aromatic rings. The lowest BCUT2D eigenvalue weighted by atomic mass is 9.93. The number of piperidine rings is 1. The molecule has 0 aromatic carbocycles. The van der Waals surface area contributed by atoms with Crippen molar-refractivity contribution in [3.63, 3.8) is 0 Å². The van der Waals surface area contributed by atoms with Crippen molar-refractivity contribution < 1.29 is 4.79 Å². The molecular formula is C17H18N6O2. The Morgan fingerprint density at radius 2 is 2.16 bits per heavy atom. The smallest absolute Gasteiger partial charge is 0.340 e. The van der Waals surface area contributed by atoms with Crippen LogP contribution in [0, 0.1) is 0 Å². The number of rotatable bonds is 3. The first-order valence-electron chi connectivity index (χ1n) is 8.30. The molecule has 1 aliphatic rings. The molecule has 128 valence electrons. The number of carbonyl (C=O) groups excluding carboxylic acids is 1. The number of aromatic amines is 1. The predicted octanol–water partition coefficient (Wildman–Crippen LogP) is 0.921. The molecule has 0 spiro atoms. The van der Waals surface area contributed by atoms with Gasteiger partial charge in [0.15, 0.2) is 5.65 Å². The van der Waals surface area contributed by atoms with Crippen LogP contribution in [0.4, 0.5) is 0 Å². The third-order valence-corrected chi connectivity index (χ3v) is 4.63. The standard InChI is InChI=1S/C17H18N6O2/c24-14(11-23-9-3-7-19-17(23)25)22-8-2-4-12(10-22)15-13-5-1-6-18-16(13)21-20-15/h1,3,5-7,9,12H,2,4,8,10-11H2,(H,18,20,21). The molecule has 1 atom stereocenters. The summed E-state index contributed by atoms with van der Waals surface area (Å²) in [7, 11) is 0. The lowest BCUT2D eigenvalue weighted by molar-refractivity contribution is -0.133. The number of amides is 1. The largest absolute Gasteiger partial charge is 0.347 e. The van der Waals surface area contributed by atoms with Gasteiger partial charge in [-0.15, -0.1) is 0 Å². The molecular weight excluding hydrogens is 320 g/mol. The summed E-state index contributed by atoms with van der Waals surface area (Å²) < 4.78 is 1.33. The number of pyridine rings is 1. The van der Waals surface area contributed by atoms with Gasteiger partial charge < -0.3 is 4.90 Å². The lowest BCUT2D eigenvalue weighted by Gasteiger charge is -2.32. The van der Waals surface area contributed by atoms with Crippen molar-refractivity contribution >= 4 is 16.9 Å². The van der Waals surface area contributed by atoms with Gasteiger partial charge in [0.1, 0.15) is 6.54 Å². The van der Waals surface area contributed by atoms with Gasteiger partial charge in [0.05, 0.1) is 0 Å². The Morgan fingerprint density at radius 3 is 3.04 bits per heavy atom. The maximum Gasteiger partial charge on any atom is 0.347 e. The topological polar surface area (TPSA) is 96.8 Å². The number of hydrogen-bond acceptors (Lipinski definition) is 5. The van der Waals surface area contributed by atoms with Crippen LogP contribution in [0.3, 0.4) is 0 Å². The van der Waals surface area contributed by atoms with Gasteiger partial charge in [-0.05, 0) is 31.0 Å². The van der Waals surface area contributed by atoms with Crippen LogP contribution in [-0.4, -0.2) is 48.6 Å². The number of aromatic nitrogens is 5. The fourth-order valence-electron chi connectivity index (χ4n) is 3.37. The van der Waals surface area contributed by atoms with E-state index in [1.165, 1.54) is 10.8 Å². The van der Waals surface area contributed by atoms with Gasteiger partial charge in [0.25, 0.3) is 0 Å². The van der Waals surface area contributed by atoms with E-state index < -0.39 is 5.69 Å². The third-order valence-electron chi connectivity index (χ3n) is 4.63. The Morgan fingerprint density at radius 1 is 1.28 bits per heavy atom. The van der Waals surface area contributed by atoms with E-state index in [1.807, 2.05) is 17.0 Å². The average molecular weight is 338 g/mol. The zero-order chi connectivity index (χ0) is 17.2. The molecule has 8 heteroatoms. The van der Waals surface area contributed by atoms with Crippen molar-refractivity contribution in [3.8, 4) is 0 Å². The highest BCUT2D eigenvalue weighted by atomic mass is 16.2. The molecule has 0 aliphatic carbocycles. The molecule has 8 nitrogen and oxygen atoms in total. The highest BCUT2D eigenvalue weighted by molar-refractivity contribution is 5.79. The Bertz CT molecular complexity index is 963. The summed E-state index contributed by atoms with van der Waals surface area (Å²) in [6.07, 6.45) is 6.64. The molecule has 3 aromatic heterocycles. The summed E-state index contributed by atoms with van der Waals surface area (Å²) in [6, 6.07) is 5.54. The van der Waals surface area contributed by atoms with E-state index in [0.29, 0.717) is 18.7 Å². The van der Waals surface area contributed by atoms with Crippen molar-refractivity contribution in [2.45, 2.75) is 25.3 Å². The van der Waals surface area contributed by atoms with Gasteiger partial charge in [-0.2, -0.15) is 5.10 Å². The number of carbonyl (C=O) groups is 1. The number of hydrogen-bond donors (Lipinski definition) is 1. The molecule has 4 heterocycles. The number of H-pyrrole nitrogens is 1. The lowest BCUT2D eigenvalue weighted by Crippen LogP contribution is -2.42. The summed E-state index contributed by atoms with van der Waals surface area (Å²) in [5, 5.41) is 8.34. The van der Waals surface area contributed by atoms with Crippen LogP contribution in [0.25, 0.3) is 11.0 Å². The van der Waals surface area contributed by atoms with Crippen molar-refractivity contribution in [2.75, 3.05) is 13.1 Å². The first-order chi connectivity index (χ1) is 12.2. The zero-order valence-electron chi connectivity index (χ0n) is 13.6. The second kappa shape index (κ2) is 6.46. The Labute approximate surface area is 143 Å². The van der Waals surface area contributed by atoms with Crippen LogP contribution in [0.5, 0.6) is 0 Å². The minimum atomic E-state index is -0.407. The normalized spacial score (nSPS) is 17.8. The van der Waals surface area contributed by atoms with E-state index in [4.69, 9.17) is 0 Å². The van der Waals surface area contributed by atoms with Gasteiger partial charge in [-0.25, -0.2) is 14.8 Å². The SMILES string of the molecule is O=C(Cn1cccnc1=O)N1CCCC(c2[nH]nc3ncccc23)C1. The number of likely N-dealkylation sites (tertiary alicyclic amines) is 1. The molecule has 1 saturated heterocycles. The van der Waals surface area contributed by atoms with Crippen LogP contribution in [0.1, 0.15) is 24.5 Å². The predicted molar refractivity (Wildman–Crippen MR) is 90.9 cm³/mol. The highest BCUT2D eigenvalue weighted by Crippen LogP contribution is 2.29. The Kier molecular flexibility index (Phi) is 4.01.